The summed E-state index contributed by atoms with van der Waals surface area (Å²) in [5, 5.41) is 11.0. The van der Waals surface area contributed by atoms with Gasteiger partial charge in [0.05, 0.1) is 5.25 Å². The summed E-state index contributed by atoms with van der Waals surface area (Å²) in [5.41, 5.74) is 2.32. The Morgan fingerprint density at radius 2 is 1.95 bits per heavy atom. The Balaban J connectivity index is 1.82. The second-order valence-corrected chi connectivity index (χ2v) is 8.81. The van der Waals surface area contributed by atoms with Crippen molar-refractivity contribution in [2.24, 2.45) is 0 Å². The fourth-order valence-electron chi connectivity index (χ4n) is 1.67. The molecule has 0 unspecified atom stereocenters. The third kappa shape index (κ3) is 5.30. The molecule has 0 aliphatic heterocycles. The maximum Gasteiger partial charge on any atom is 0.233 e. The molecule has 0 aliphatic carbocycles. The van der Waals surface area contributed by atoms with Gasteiger partial charge in [0, 0.05) is 6.54 Å². The minimum Gasteiger partial charge on any atom is -0.351 e. The third-order valence-electron chi connectivity index (χ3n) is 2.89. The van der Waals surface area contributed by atoms with Crippen LogP contribution in [0.1, 0.15) is 25.0 Å². The first-order chi connectivity index (χ1) is 10.6. The number of amides is 1. The number of thioether (sulfide) groups is 2. The Morgan fingerprint density at radius 1 is 1.27 bits per heavy atom. The van der Waals surface area contributed by atoms with Gasteiger partial charge < -0.3 is 5.32 Å². The van der Waals surface area contributed by atoms with Crippen LogP contribution in [0.5, 0.6) is 0 Å². The summed E-state index contributed by atoms with van der Waals surface area (Å²) in [6.07, 6.45) is 0. The summed E-state index contributed by atoms with van der Waals surface area (Å²) >= 11 is 4.67. The zero-order valence-corrected chi connectivity index (χ0v) is 15.3. The van der Waals surface area contributed by atoms with Crippen LogP contribution >= 0.6 is 34.9 Å². The van der Waals surface area contributed by atoms with E-state index in [1.54, 1.807) is 23.1 Å². The third-order valence-corrected chi connectivity index (χ3v) is 6.01. The van der Waals surface area contributed by atoms with Gasteiger partial charge in [-0.2, -0.15) is 0 Å². The summed E-state index contributed by atoms with van der Waals surface area (Å²) in [5.74, 6) is 0.997. The lowest BCUT2D eigenvalue weighted by Crippen LogP contribution is -2.30. The van der Waals surface area contributed by atoms with Crippen molar-refractivity contribution in [3.8, 4) is 0 Å². The predicted molar refractivity (Wildman–Crippen MR) is 94.7 cm³/mol. The number of rotatable bonds is 7. The van der Waals surface area contributed by atoms with Crippen LogP contribution in [0.25, 0.3) is 0 Å². The van der Waals surface area contributed by atoms with Crippen LogP contribution in [-0.4, -0.2) is 27.1 Å². The molecule has 7 heteroatoms. The predicted octanol–water partition coefficient (Wildman–Crippen LogP) is 3.76. The van der Waals surface area contributed by atoms with E-state index in [2.05, 4.69) is 22.4 Å². The van der Waals surface area contributed by atoms with Gasteiger partial charge in [0.1, 0.15) is 0 Å². The Bertz CT molecular complexity index is 613. The molecule has 2 aromatic rings. The molecule has 0 aliphatic rings. The molecule has 22 heavy (non-hydrogen) atoms. The number of aryl methyl sites for hydroxylation is 1. The number of hydrogen-bond acceptors (Lipinski definition) is 6. The minimum absolute atomic E-state index is 0.0190. The van der Waals surface area contributed by atoms with Crippen molar-refractivity contribution in [1.82, 2.24) is 15.5 Å². The molecule has 1 heterocycles. The Morgan fingerprint density at radius 3 is 2.64 bits per heavy atom. The number of benzene rings is 1. The molecular formula is C15H19N3OS3. The SMILES string of the molecule is CCSc1nnc(S[C@H](C)C(=O)NCc2ccc(C)cc2)s1. The minimum atomic E-state index is -0.183. The molecule has 1 aromatic carbocycles. The molecule has 2 rings (SSSR count). The van der Waals surface area contributed by atoms with Crippen molar-refractivity contribution in [1.29, 1.82) is 0 Å². The van der Waals surface area contributed by atoms with E-state index in [4.69, 9.17) is 0 Å². The molecule has 118 valence electrons. The second kappa shape index (κ2) is 8.55. The first kappa shape index (κ1) is 17.3. The number of carbonyl (C=O) groups excluding carboxylic acids is 1. The molecule has 0 spiro atoms. The first-order valence-corrected chi connectivity index (χ1v) is 9.73. The number of nitrogens with zero attached hydrogens (tertiary/aromatic N) is 2. The second-order valence-electron chi connectivity index (χ2n) is 4.73. The van der Waals surface area contributed by atoms with Gasteiger partial charge in [-0.25, -0.2) is 0 Å². The van der Waals surface area contributed by atoms with Gasteiger partial charge in [-0.1, -0.05) is 71.6 Å². The molecule has 1 amide bonds. The topological polar surface area (TPSA) is 54.9 Å². The van der Waals surface area contributed by atoms with Crippen LogP contribution in [0.2, 0.25) is 0 Å². The zero-order valence-electron chi connectivity index (χ0n) is 12.8. The van der Waals surface area contributed by atoms with Crippen molar-refractivity contribution in [2.45, 2.75) is 41.2 Å². The summed E-state index contributed by atoms with van der Waals surface area (Å²) in [6.45, 7) is 6.58. The van der Waals surface area contributed by atoms with E-state index in [1.165, 1.54) is 17.3 Å². The van der Waals surface area contributed by atoms with Gasteiger partial charge in [-0.15, -0.1) is 10.2 Å². The number of aromatic nitrogens is 2. The highest BCUT2D eigenvalue weighted by Gasteiger charge is 2.16. The molecule has 1 N–H and O–H groups in total. The highest BCUT2D eigenvalue weighted by atomic mass is 32.2. The fourth-order valence-corrected chi connectivity index (χ4v) is 4.76. The number of hydrogen-bond donors (Lipinski definition) is 1. The van der Waals surface area contributed by atoms with E-state index in [0.29, 0.717) is 6.54 Å². The molecule has 0 radical (unpaired) electrons. The Hall–Kier alpha value is -1.05. The van der Waals surface area contributed by atoms with E-state index in [1.807, 2.05) is 38.1 Å². The van der Waals surface area contributed by atoms with Gasteiger partial charge in [0.25, 0.3) is 0 Å². The fraction of sp³-hybridized carbons (Fsp3) is 0.400. The lowest BCUT2D eigenvalue weighted by atomic mass is 10.1. The highest BCUT2D eigenvalue weighted by Crippen LogP contribution is 2.31. The normalized spacial score (nSPS) is 12.1. The van der Waals surface area contributed by atoms with Gasteiger partial charge >= 0.3 is 0 Å². The van der Waals surface area contributed by atoms with Crippen molar-refractivity contribution >= 4 is 40.8 Å². The quantitative estimate of drug-likeness (QED) is 0.768. The highest BCUT2D eigenvalue weighted by molar-refractivity contribution is 8.03. The van der Waals surface area contributed by atoms with Crippen molar-refractivity contribution in [3.05, 3.63) is 35.4 Å². The van der Waals surface area contributed by atoms with Crippen molar-refractivity contribution in [2.75, 3.05) is 5.75 Å². The van der Waals surface area contributed by atoms with E-state index in [0.717, 1.165) is 20.0 Å². The van der Waals surface area contributed by atoms with Crippen LogP contribution < -0.4 is 5.32 Å². The maximum atomic E-state index is 12.1. The summed E-state index contributed by atoms with van der Waals surface area (Å²) in [4.78, 5) is 12.1. The molecule has 0 saturated heterocycles. The van der Waals surface area contributed by atoms with Crippen molar-refractivity contribution < 1.29 is 4.79 Å². The molecule has 1 atom stereocenters. The van der Waals surface area contributed by atoms with Crippen LogP contribution in [-0.2, 0) is 11.3 Å². The van der Waals surface area contributed by atoms with Crippen LogP contribution in [0.3, 0.4) is 0 Å². The summed E-state index contributed by atoms with van der Waals surface area (Å²) in [6, 6.07) is 8.17. The molecule has 4 nitrogen and oxygen atoms in total. The smallest absolute Gasteiger partial charge is 0.233 e. The molecular weight excluding hydrogens is 334 g/mol. The zero-order chi connectivity index (χ0) is 15.9. The van der Waals surface area contributed by atoms with Gasteiger partial charge in [0.2, 0.25) is 5.91 Å². The first-order valence-electron chi connectivity index (χ1n) is 7.04. The standard InChI is InChI=1S/C15H19N3OS3/c1-4-20-14-17-18-15(22-14)21-11(3)13(19)16-9-12-7-5-10(2)6-8-12/h5-8,11H,4,9H2,1-3H3,(H,16,19)/t11-/m1/s1. The van der Waals surface area contributed by atoms with Crippen molar-refractivity contribution in [3.63, 3.8) is 0 Å². The number of nitrogens with one attached hydrogen (secondary N) is 1. The Kier molecular flexibility index (Phi) is 6.72. The maximum absolute atomic E-state index is 12.1. The van der Waals surface area contributed by atoms with Crippen LogP contribution in [0, 0.1) is 6.92 Å². The number of carbonyl (C=O) groups is 1. The molecule has 0 bridgehead atoms. The average Bonchev–Trinajstić information content (AvgIpc) is 2.94. The summed E-state index contributed by atoms with van der Waals surface area (Å²) in [7, 11) is 0. The van der Waals surface area contributed by atoms with Crippen LogP contribution in [0.15, 0.2) is 32.9 Å². The van der Waals surface area contributed by atoms with Crippen LogP contribution in [0.4, 0.5) is 0 Å². The Labute approximate surface area is 143 Å². The average molecular weight is 354 g/mol. The lowest BCUT2D eigenvalue weighted by molar-refractivity contribution is -0.120. The van der Waals surface area contributed by atoms with E-state index < -0.39 is 0 Å². The lowest BCUT2D eigenvalue weighted by Gasteiger charge is -2.10. The monoisotopic (exact) mass is 353 g/mol. The van der Waals surface area contributed by atoms with E-state index in [-0.39, 0.29) is 11.2 Å². The molecule has 0 saturated carbocycles. The van der Waals surface area contributed by atoms with E-state index in [9.17, 15) is 4.79 Å². The summed E-state index contributed by atoms with van der Waals surface area (Å²) < 4.78 is 1.80. The van der Waals surface area contributed by atoms with Gasteiger partial charge in [-0.05, 0) is 25.2 Å². The molecule has 1 aromatic heterocycles. The largest absolute Gasteiger partial charge is 0.351 e. The molecule has 0 fully saturated rings. The van der Waals surface area contributed by atoms with Gasteiger partial charge in [0.15, 0.2) is 8.68 Å². The van der Waals surface area contributed by atoms with Gasteiger partial charge in [-0.3, -0.25) is 4.79 Å². The van der Waals surface area contributed by atoms with E-state index >= 15 is 0 Å².